The highest BCUT2D eigenvalue weighted by molar-refractivity contribution is 7.90. The molecule has 1 aromatic rings. The lowest BCUT2D eigenvalue weighted by atomic mass is 9.86. The molecule has 0 amide bonds. The molecule has 0 spiro atoms. The number of aliphatic hydroxyl groups excluding tert-OH is 1. The van der Waals surface area contributed by atoms with Gasteiger partial charge in [0.15, 0.2) is 0 Å². The first-order chi connectivity index (χ1) is 7.74. The van der Waals surface area contributed by atoms with E-state index in [0.29, 0.717) is 6.42 Å². The van der Waals surface area contributed by atoms with Crippen LogP contribution in [-0.4, -0.2) is 32.1 Å². The molecule has 0 aliphatic heterocycles. The molecule has 17 heavy (non-hydrogen) atoms. The summed E-state index contributed by atoms with van der Waals surface area (Å²) in [6.07, 6.45) is 1.89. The minimum Gasteiger partial charge on any atom is -0.396 e. The third-order valence-corrected chi connectivity index (χ3v) is 4.00. The quantitative estimate of drug-likeness (QED) is 0.869. The van der Waals surface area contributed by atoms with E-state index in [2.05, 4.69) is 0 Å². The van der Waals surface area contributed by atoms with Crippen molar-refractivity contribution in [2.24, 2.45) is 0 Å². The molecule has 0 fully saturated rings. The van der Waals surface area contributed by atoms with Crippen molar-refractivity contribution in [1.82, 2.24) is 0 Å². The molecule has 1 N–H and O–H groups in total. The van der Waals surface area contributed by atoms with Gasteiger partial charge in [-0.15, -0.1) is 0 Å². The molecule has 0 bridgehead atoms. The molecule has 0 saturated carbocycles. The van der Waals surface area contributed by atoms with Crippen molar-refractivity contribution in [3.8, 4) is 0 Å². The number of sulfone groups is 1. The molecule has 96 valence electrons. The fourth-order valence-electron chi connectivity index (χ4n) is 1.99. The van der Waals surface area contributed by atoms with Crippen LogP contribution in [-0.2, 0) is 21.7 Å². The molecular formula is C13H20O3S. The Balaban J connectivity index is 2.91. The zero-order chi connectivity index (χ0) is 13.1. The summed E-state index contributed by atoms with van der Waals surface area (Å²) in [6, 6.07) is 7.76. The predicted octanol–water partition coefficient (Wildman–Crippen LogP) is 1.54. The van der Waals surface area contributed by atoms with Crippen molar-refractivity contribution in [2.75, 3.05) is 18.6 Å². The van der Waals surface area contributed by atoms with E-state index in [9.17, 15) is 8.42 Å². The van der Waals surface area contributed by atoms with E-state index in [1.54, 1.807) is 0 Å². The molecule has 0 unspecified atom stereocenters. The van der Waals surface area contributed by atoms with Crippen LogP contribution in [0.4, 0.5) is 0 Å². The molecule has 0 aromatic heterocycles. The maximum atomic E-state index is 11.4. The molecule has 0 aliphatic carbocycles. The second-order valence-corrected chi connectivity index (χ2v) is 7.26. The zero-order valence-corrected chi connectivity index (χ0v) is 11.4. The first-order valence-corrected chi connectivity index (χ1v) is 7.69. The highest BCUT2D eigenvalue weighted by Gasteiger charge is 2.25. The molecule has 4 heteroatoms. The second-order valence-electron chi connectivity index (χ2n) is 5.12. The molecule has 1 rings (SSSR count). The van der Waals surface area contributed by atoms with Crippen molar-refractivity contribution in [3.63, 3.8) is 0 Å². The minimum absolute atomic E-state index is 0.131. The zero-order valence-electron chi connectivity index (χ0n) is 10.6. The standard InChI is InChI=1S/C13H20O3S/c1-13(2,10-17(3,15)16)12-6-4-11(5-7-12)8-9-14/h4-7,14H,8-10H2,1-3H3. The fourth-order valence-corrected chi connectivity index (χ4v) is 3.47. The highest BCUT2D eigenvalue weighted by atomic mass is 32.2. The van der Waals surface area contributed by atoms with Gasteiger partial charge in [0.2, 0.25) is 0 Å². The van der Waals surface area contributed by atoms with Gasteiger partial charge in [-0.1, -0.05) is 38.1 Å². The van der Waals surface area contributed by atoms with E-state index in [4.69, 9.17) is 5.11 Å². The van der Waals surface area contributed by atoms with Gasteiger partial charge in [0.1, 0.15) is 9.84 Å². The number of aliphatic hydroxyl groups is 1. The van der Waals surface area contributed by atoms with Crippen LogP contribution < -0.4 is 0 Å². The molecule has 0 saturated heterocycles. The van der Waals surface area contributed by atoms with E-state index in [1.165, 1.54) is 6.26 Å². The van der Waals surface area contributed by atoms with E-state index in [0.717, 1.165) is 11.1 Å². The monoisotopic (exact) mass is 256 g/mol. The highest BCUT2D eigenvalue weighted by Crippen LogP contribution is 2.25. The van der Waals surface area contributed by atoms with Crippen molar-refractivity contribution >= 4 is 9.84 Å². The van der Waals surface area contributed by atoms with Crippen LogP contribution in [0.15, 0.2) is 24.3 Å². The third kappa shape index (κ3) is 4.48. The third-order valence-electron chi connectivity index (χ3n) is 2.76. The van der Waals surface area contributed by atoms with Crippen molar-refractivity contribution in [2.45, 2.75) is 25.7 Å². The number of hydrogen-bond donors (Lipinski definition) is 1. The van der Waals surface area contributed by atoms with Gasteiger partial charge in [0.25, 0.3) is 0 Å². The van der Waals surface area contributed by atoms with Crippen LogP contribution in [0, 0.1) is 0 Å². The molecule has 0 aliphatic rings. The van der Waals surface area contributed by atoms with Gasteiger partial charge in [-0.05, 0) is 17.5 Å². The summed E-state index contributed by atoms with van der Waals surface area (Å²) >= 11 is 0. The first kappa shape index (κ1) is 14.2. The van der Waals surface area contributed by atoms with Crippen molar-refractivity contribution in [1.29, 1.82) is 0 Å². The first-order valence-electron chi connectivity index (χ1n) is 5.62. The van der Waals surface area contributed by atoms with Gasteiger partial charge in [0, 0.05) is 18.3 Å². The normalized spacial score (nSPS) is 12.7. The molecule has 0 heterocycles. The van der Waals surface area contributed by atoms with Crippen LogP contribution in [0.2, 0.25) is 0 Å². The summed E-state index contributed by atoms with van der Waals surface area (Å²) in [7, 11) is -2.99. The fraction of sp³-hybridized carbons (Fsp3) is 0.538. The second kappa shape index (κ2) is 5.19. The van der Waals surface area contributed by atoms with E-state index >= 15 is 0 Å². The predicted molar refractivity (Wildman–Crippen MR) is 70.0 cm³/mol. The van der Waals surface area contributed by atoms with Gasteiger partial charge in [-0.3, -0.25) is 0 Å². The van der Waals surface area contributed by atoms with Crippen LogP contribution in [0.5, 0.6) is 0 Å². The Kier molecular flexibility index (Phi) is 4.33. The molecule has 1 aromatic carbocycles. The Labute approximate surface area is 103 Å². The minimum atomic E-state index is -2.99. The molecular weight excluding hydrogens is 236 g/mol. The topological polar surface area (TPSA) is 54.4 Å². The van der Waals surface area contributed by atoms with Gasteiger partial charge in [0.05, 0.1) is 5.75 Å². The van der Waals surface area contributed by atoms with Crippen LogP contribution in [0.3, 0.4) is 0 Å². The summed E-state index contributed by atoms with van der Waals surface area (Å²) in [5, 5.41) is 8.82. The van der Waals surface area contributed by atoms with E-state index in [-0.39, 0.29) is 17.8 Å². The Bertz CT molecular complexity index is 458. The van der Waals surface area contributed by atoms with Crippen molar-refractivity contribution < 1.29 is 13.5 Å². The average Bonchev–Trinajstić information content (AvgIpc) is 2.15. The Hall–Kier alpha value is -0.870. The van der Waals surface area contributed by atoms with Crippen LogP contribution in [0.25, 0.3) is 0 Å². The average molecular weight is 256 g/mol. The van der Waals surface area contributed by atoms with Gasteiger partial charge < -0.3 is 5.11 Å². The largest absolute Gasteiger partial charge is 0.396 e. The van der Waals surface area contributed by atoms with Crippen molar-refractivity contribution in [3.05, 3.63) is 35.4 Å². The number of benzene rings is 1. The number of hydrogen-bond acceptors (Lipinski definition) is 3. The Morgan fingerprint density at radius 2 is 1.71 bits per heavy atom. The SMILES string of the molecule is CC(C)(CS(C)(=O)=O)c1ccc(CCO)cc1. The molecule has 0 atom stereocenters. The van der Waals surface area contributed by atoms with Crippen LogP contribution >= 0.6 is 0 Å². The molecule has 0 radical (unpaired) electrons. The van der Waals surface area contributed by atoms with Gasteiger partial charge in [-0.2, -0.15) is 0 Å². The summed E-state index contributed by atoms with van der Waals surface area (Å²) in [6.45, 7) is 3.98. The van der Waals surface area contributed by atoms with Gasteiger partial charge in [-0.25, -0.2) is 8.42 Å². The molecule has 3 nitrogen and oxygen atoms in total. The van der Waals surface area contributed by atoms with E-state index in [1.807, 2.05) is 38.1 Å². The smallest absolute Gasteiger partial charge is 0.148 e. The Morgan fingerprint density at radius 1 is 1.18 bits per heavy atom. The summed E-state index contributed by atoms with van der Waals surface area (Å²) < 4.78 is 22.7. The summed E-state index contributed by atoms with van der Waals surface area (Å²) in [5.74, 6) is 0.138. The lowest BCUT2D eigenvalue weighted by Crippen LogP contribution is -2.27. The number of rotatable bonds is 5. The lowest BCUT2D eigenvalue weighted by molar-refractivity contribution is 0.299. The summed E-state index contributed by atoms with van der Waals surface area (Å²) in [4.78, 5) is 0. The van der Waals surface area contributed by atoms with E-state index < -0.39 is 9.84 Å². The van der Waals surface area contributed by atoms with Gasteiger partial charge >= 0.3 is 0 Å². The Morgan fingerprint density at radius 3 is 2.12 bits per heavy atom. The summed E-state index contributed by atoms with van der Waals surface area (Å²) in [5.41, 5.74) is 1.68. The lowest BCUT2D eigenvalue weighted by Gasteiger charge is -2.24. The van der Waals surface area contributed by atoms with Crippen LogP contribution in [0.1, 0.15) is 25.0 Å². The maximum absolute atomic E-state index is 11.4. The maximum Gasteiger partial charge on any atom is 0.148 e.